The molecule has 390 valence electrons. The lowest BCUT2D eigenvalue weighted by molar-refractivity contribution is 0.101. The highest BCUT2D eigenvalue weighted by molar-refractivity contribution is 7.22. The molecule has 9 aromatic rings. The molecule has 3 saturated carbocycles. The number of halogens is 3. The van der Waals surface area contributed by atoms with Gasteiger partial charge in [-0.15, -0.1) is 34.0 Å². The summed E-state index contributed by atoms with van der Waals surface area (Å²) in [6.45, 7) is 4.29. The molecule has 0 atom stereocenters. The molecule has 0 saturated heterocycles. The number of nitrogens with one attached hydrogen (secondary N) is 3. The van der Waals surface area contributed by atoms with Crippen LogP contribution in [0.15, 0.2) is 54.6 Å². The van der Waals surface area contributed by atoms with Gasteiger partial charge in [-0.3, -0.25) is 14.4 Å². The lowest BCUT2D eigenvalue weighted by Gasteiger charge is -2.10. The SMILES string of the molecule is CC(=O)c1sc2nc(NC3CC3)nc(-c3cc(O)ccc3F)c2c1N.CC(=O)c1sc2nc(NC3CC3)nc(-c3cccc(O)c3F)c2c1N.COc1ccc(F)c(-c2nc(NC3CC3)nc3sc(C(C)=O)c(N)c23)c1. The first-order chi connectivity index (χ1) is 36.4. The van der Waals surface area contributed by atoms with Gasteiger partial charge < -0.3 is 48.1 Å². The third-order valence-corrected chi connectivity index (χ3v) is 15.9. The molecule has 0 bridgehead atoms. The number of carbonyl (C=O) groups is 3. The molecule has 18 nitrogen and oxygen atoms in total. The Labute approximate surface area is 442 Å². The zero-order valence-electron chi connectivity index (χ0n) is 41.0. The molecule has 0 spiro atoms. The maximum absolute atomic E-state index is 14.6. The number of rotatable bonds is 13. The van der Waals surface area contributed by atoms with Gasteiger partial charge in [0.05, 0.1) is 72.0 Å². The molecule has 3 aliphatic rings. The maximum Gasteiger partial charge on any atom is 0.224 e. The molecule has 0 unspecified atom stereocenters. The van der Waals surface area contributed by atoms with Gasteiger partial charge in [0.1, 0.15) is 37.6 Å². The summed E-state index contributed by atoms with van der Waals surface area (Å²) in [6, 6.07) is 13.4. The van der Waals surface area contributed by atoms with Crippen molar-refractivity contribution >= 4 is 117 Å². The normalized spacial score (nSPS) is 13.9. The van der Waals surface area contributed by atoms with Crippen molar-refractivity contribution in [2.24, 2.45) is 0 Å². The highest BCUT2D eigenvalue weighted by Crippen LogP contribution is 2.44. The van der Waals surface area contributed by atoms with Crippen LogP contribution in [0.2, 0.25) is 0 Å². The Morgan fingerprint density at radius 3 is 1.32 bits per heavy atom. The van der Waals surface area contributed by atoms with E-state index >= 15 is 0 Å². The molecule has 6 aromatic heterocycles. The first-order valence-electron chi connectivity index (χ1n) is 23.8. The molecule has 24 heteroatoms. The molecule has 0 radical (unpaired) electrons. The number of nitrogen functional groups attached to an aromatic ring is 3. The zero-order chi connectivity index (χ0) is 53.9. The average Bonchev–Trinajstić information content (AvgIpc) is 4.41. The predicted molar refractivity (Wildman–Crippen MR) is 291 cm³/mol. The Bertz CT molecular complexity index is 3720. The second kappa shape index (κ2) is 20.5. The third-order valence-electron chi connectivity index (χ3n) is 12.3. The quantitative estimate of drug-likeness (QED) is 0.0498. The highest BCUT2D eigenvalue weighted by atomic mass is 32.1. The Balaban J connectivity index is 0.000000130. The Hall–Kier alpha value is -8.22. The summed E-state index contributed by atoms with van der Waals surface area (Å²) < 4.78 is 48.7. The van der Waals surface area contributed by atoms with Crippen LogP contribution in [0.25, 0.3) is 64.4 Å². The molecule has 3 aliphatic carbocycles. The summed E-state index contributed by atoms with van der Waals surface area (Å²) in [6.07, 6.45) is 6.22. The molecular weight excluding hydrogens is 1040 g/mol. The lowest BCUT2D eigenvalue weighted by Crippen LogP contribution is -2.06. The van der Waals surface area contributed by atoms with Gasteiger partial charge >= 0.3 is 0 Å². The number of ketones is 3. The maximum atomic E-state index is 14.6. The first-order valence-corrected chi connectivity index (χ1v) is 26.2. The number of benzene rings is 3. The number of nitrogens with zero attached hydrogens (tertiary/aromatic N) is 6. The van der Waals surface area contributed by atoms with Crippen molar-refractivity contribution in [3.05, 3.63) is 86.7 Å². The van der Waals surface area contributed by atoms with Crippen LogP contribution in [0, 0.1) is 17.5 Å². The number of aromatic nitrogens is 6. The summed E-state index contributed by atoms with van der Waals surface area (Å²) in [5.74, 6) is -1.19. The fourth-order valence-electron chi connectivity index (χ4n) is 8.07. The molecular formula is C52H47F3N12O6S3. The lowest BCUT2D eigenvalue weighted by atomic mass is 10.1. The van der Waals surface area contributed by atoms with Crippen molar-refractivity contribution < 1.29 is 42.5 Å². The highest BCUT2D eigenvalue weighted by Gasteiger charge is 2.30. The van der Waals surface area contributed by atoms with Gasteiger partial charge in [-0.2, -0.15) is 0 Å². The molecule has 0 aliphatic heterocycles. The number of carbonyl (C=O) groups excluding carboxylic acids is 3. The number of aromatic hydroxyl groups is 2. The molecule has 76 heavy (non-hydrogen) atoms. The molecule has 3 aromatic carbocycles. The summed E-state index contributed by atoms with van der Waals surface area (Å²) in [4.78, 5) is 65.0. The number of thiophene rings is 3. The van der Waals surface area contributed by atoms with Crippen LogP contribution in [0.4, 0.5) is 48.1 Å². The number of nitrogens with two attached hydrogens (primary N) is 3. The number of anilines is 6. The summed E-state index contributed by atoms with van der Waals surface area (Å²) >= 11 is 3.52. The van der Waals surface area contributed by atoms with Crippen LogP contribution in [-0.2, 0) is 0 Å². The number of fused-ring (bicyclic) bond motifs is 3. The van der Waals surface area contributed by atoms with Crippen molar-refractivity contribution in [2.75, 3.05) is 40.3 Å². The van der Waals surface area contributed by atoms with Gasteiger partial charge in [0, 0.05) is 55.6 Å². The van der Waals surface area contributed by atoms with Gasteiger partial charge in [0.25, 0.3) is 0 Å². The van der Waals surface area contributed by atoms with Crippen molar-refractivity contribution in [1.82, 2.24) is 29.9 Å². The predicted octanol–water partition coefficient (Wildman–Crippen LogP) is 11.0. The molecule has 12 rings (SSSR count). The number of hydrogen-bond acceptors (Lipinski definition) is 21. The van der Waals surface area contributed by atoms with E-state index in [9.17, 15) is 37.8 Å². The zero-order valence-corrected chi connectivity index (χ0v) is 43.4. The minimum Gasteiger partial charge on any atom is -0.508 e. The summed E-state index contributed by atoms with van der Waals surface area (Å²) in [7, 11) is 1.51. The van der Waals surface area contributed by atoms with Gasteiger partial charge in [-0.25, -0.2) is 43.1 Å². The molecule has 0 amide bonds. The van der Waals surface area contributed by atoms with Crippen LogP contribution in [-0.4, -0.2) is 82.7 Å². The topological polar surface area (TPSA) is 292 Å². The number of methoxy groups -OCH3 is 1. The van der Waals surface area contributed by atoms with Crippen molar-refractivity contribution in [3.8, 4) is 51.0 Å². The largest absolute Gasteiger partial charge is 0.508 e. The minimum absolute atomic E-state index is 0.0829. The van der Waals surface area contributed by atoms with Crippen molar-refractivity contribution in [3.63, 3.8) is 0 Å². The second-order valence-corrected chi connectivity index (χ2v) is 21.3. The van der Waals surface area contributed by atoms with E-state index in [0.29, 0.717) is 92.7 Å². The van der Waals surface area contributed by atoms with Gasteiger partial charge in [-0.05, 0) is 87.1 Å². The summed E-state index contributed by atoms with van der Waals surface area (Å²) in [5.41, 5.74) is 20.6. The Morgan fingerprint density at radius 2 is 0.934 bits per heavy atom. The Kier molecular flexibility index (Phi) is 13.8. The van der Waals surface area contributed by atoms with Crippen molar-refractivity contribution in [1.29, 1.82) is 0 Å². The number of phenolic OH excluding ortho intramolecular Hbond substituents is 2. The van der Waals surface area contributed by atoms with Crippen LogP contribution < -0.4 is 37.9 Å². The minimum atomic E-state index is -0.783. The van der Waals surface area contributed by atoms with Crippen LogP contribution in [0.3, 0.4) is 0 Å². The van der Waals surface area contributed by atoms with Crippen LogP contribution >= 0.6 is 34.0 Å². The number of ether oxygens (including phenoxy) is 1. The number of phenols is 2. The van der Waals surface area contributed by atoms with E-state index in [0.717, 1.165) is 61.2 Å². The molecule has 11 N–H and O–H groups in total. The smallest absolute Gasteiger partial charge is 0.224 e. The summed E-state index contributed by atoms with van der Waals surface area (Å²) in [5, 5.41) is 30.4. The standard InChI is InChI=1S/C18H17FN4O2S.2C17H15FN4O2S/c1-8(24)16-14(20)13-15(11-7-10(25-2)5-6-12(11)19)22-18(21-9-3-4-9)23-17(13)26-16;1-7(23)15-13(19)12-14(10-6-9(24)4-5-11(10)18)21-17(20-8-2-3-8)22-16(12)25-15;1-7(23)15-13(19)11-14(9-3-2-4-10(24)12(9)18)21-17(20-8-5-6-8)22-16(11)25-15/h5-7,9H,3-4,20H2,1-2H3,(H,21,22,23);4-6,8,24H,2-3,19H2,1H3,(H,20,21,22);2-4,8,24H,5-6,19H2,1H3,(H,20,21,22). The Morgan fingerprint density at radius 1 is 0.553 bits per heavy atom. The van der Waals surface area contributed by atoms with Crippen LogP contribution in [0.1, 0.15) is 88.3 Å². The van der Waals surface area contributed by atoms with E-state index in [-0.39, 0.29) is 68.2 Å². The number of hydrogen-bond donors (Lipinski definition) is 8. The third kappa shape index (κ3) is 10.4. The fourth-order valence-corrected chi connectivity index (χ4v) is 11.0. The van der Waals surface area contributed by atoms with Crippen molar-refractivity contribution in [2.45, 2.75) is 77.4 Å². The van der Waals surface area contributed by atoms with E-state index in [1.165, 1.54) is 81.7 Å². The van der Waals surface area contributed by atoms with E-state index < -0.39 is 23.2 Å². The van der Waals surface area contributed by atoms with Gasteiger partial charge in [0.15, 0.2) is 28.9 Å². The van der Waals surface area contributed by atoms with E-state index in [1.807, 2.05) is 0 Å². The fraction of sp³-hybridized carbons (Fsp3) is 0.250. The van der Waals surface area contributed by atoms with E-state index in [2.05, 4.69) is 45.9 Å². The molecule has 3 fully saturated rings. The second-order valence-electron chi connectivity index (χ2n) is 18.3. The average molecular weight is 1090 g/mol. The van der Waals surface area contributed by atoms with Crippen LogP contribution in [0.5, 0.6) is 17.2 Å². The molecule has 6 heterocycles. The first kappa shape index (κ1) is 51.3. The number of Topliss-reactive ketones (excluding diaryl/α,β-unsaturated/α-hetero) is 3. The van der Waals surface area contributed by atoms with Gasteiger partial charge in [-0.1, -0.05) is 6.07 Å². The monoisotopic (exact) mass is 1090 g/mol. The van der Waals surface area contributed by atoms with E-state index in [4.69, 9.17) is 21.9 Å². The van der Waals surface area contributed by atoms with Gasteiger partial charge in [0.2, 0.25) is 17.8 Å². The van der Waals surface area contributed by atoms with E-state index in [1.54, 1.807) is 12.1 Å².